The van der Waals surface area contributed by atoms with Crippen molar-refractivity contribution >= 4 is 17.6 Å². The zero-order valence-corrected chi connectivity index (χ0v) is 18.9. The highest BCUT2D eigenvalue weighted by Gasteiger charge is 2.34. The van der Waals surface area contributed by atoms with Gasteiger partial charge in [-0.2, -0.15) is 13.2 Å². The van der Waals surface area contributed by atoms with Crippen LogP contribution in [0.1, 0.15) is 86.0 Å². The van der Waals surface area contributed by atoms with Gasteiger partial charge in [0.25, 0.3) is 0 Å². The molecule has 2 atom stereocenters. The van der Waals surface area contributed by atoms with Crippen LogP contribution in [0, 0.1) is 12.8 Å². The van der Waals surface area contributed by atoms with Gasteiger partial charge in [-0.3, -0.25) is 4.79 Å². The molecule has 3 nitrogen and oxygen atoms in total. The van der Waals surface area contributed by atoms with E-state index in [-0.39, 0.29) is 18.4 Å². The predicted octanol–water partition coefficient (Wildman–Crippen LogP) is 7.39. The van der Waals surface area contributed by atoms with E-state index in [4.69, 9.17) is 11.6 Å². The lowest BCUT2D eigenvalue weighted by molar-refractivity contribution is -0.138. The van der Waals surface area contributed by atoms with Gasteiger partial charge in [0.2, 0.25) is 0 Å². The number of nitrogens with zero attached hydrogens (tertiary/aromatic N) is 1. The van der Waals surface area contributed by atoms with Crippen molar-refractivity contribution < 1.29 is 23.1 Å². The van der Waals surface area contributed by atoms with Gasteiger partial charge in [0.05, 0.1) is 23.0 Å². The van der Waals surface area contributed by atoms with Crippen molar-refractivity contribution in [3.8, 4) is 0 Å². The number of hydrogen-bond donors (Lipinski definition) is 1. The van der Waals surface area contributed by atoms with E-state index in [0.29, 0.717) is 10.9 Å². The molecule has 0 saturated carbocycles. The monoisotopic (exact) mass is 455 g/mol. The number of rotatable bonds is 7. The molecule has 1 aromatic carbocycles. The van der Waals surface area contributed by atoms with Crippen molar-refractivity contribution in [1.82, 2.24) is 4.57 Å². The minimum atomic E-state index is -4.38. The average Bonchev–Trinajstić information content (AvgIpc) is 2.93. The van der Waals surface area contributed by atoms with Crippen molar-refractivity contribution in [2.75, 3.05) is 0 Å². The fourth-order valence-electron chi connectivity index (χ4n) is 4.75. The van der Waals surface area contributed by atoms with Crippen LogP contribution >= 0.6 is 11.6 Å². The quantitative estimate of drug-likeness (QED) is 0.473. The van der Waals surface area contributed by atoms with Crippen LogP contribution in [0.2, 0.25) is 5.02 Å². The first-order valence-corrected chi connectivity index (χ1v) is 11.2. The van der Waals surface area contributed by atoms with Gasteiger partial charge in [-0.25, -0.2) is 0 Å². The SMILES string of the molecule is Cc1c(Cl)c2c(n1C(CCC(C)C)c1ccc(C(F)(F)F)cc1)C(CC(=O)O)CCC2. The molecule has 2 unspecified atom stereocenters. The zero-order valence-electron chi connectivity index (χ0n) is 18.1. The van der Waals surface area contributed by atoms with Crippen molar-refractivity contribution in [2.45, 2.75) is 77.4 Å². The Morgan fingerprint density at radius 3 is 2.42 bits per heavy atom. The molecule has 1 aliphatic rings. The lowest BCUT2D eigenvalue weighted by atomic mass is 9.85. The number of hydrogen-bond acceptors (Lipinski definition) is 1. The molecule has 0 spiro atoms. The summed E-state index contributed by atoms with van der Waals surface area (Å²) in [7, 11) is 0. The summed E-state index contributed by atoms with van der Waals surface area (Å²) in [6, 6.07) is 5.14. The normalized spacial score (nSPS) is 17.6. The summed E-state index contributed by atoms with van der Waals surface area (Å²) in [6.45, 7) is 6.15. The van der Waals surface area contributed by atoms with Crippen LogP contribution < -0.4 is 0 Å². The van der Waals surface area contributed by atoms with E-state index >= 15 is 0 Å². The van der Waals surface area contributed by atoms with Crippen LogP contribution in [0.15, 0.2) is 24.3 Å². The average molecular weight is 456 g/mol. The smallest absolute Gasteiger partial charge is 0.416 e. The second-order valence-electron chi connectivity index (χ2n) is 8.93. The first-order valence-electron chi connectivity index (χ1n) is 10.8. The molecule has 1 aromatic heterocycles. The highest BCUT2D eigenvalue weighted by Crippen LogP contribution is 2.44. The van der Waals surface area contributed by atoms with E-state index in [1.165, 1.54) is 0 Å². The molecule has 31 heavy (non-hydrogen) atoms. The summed E-state index contributed by atoms with van der Waals surface area (Å²) < 4.78 is 41.4. The van der Waals surface area contributed by atoms with Crippen molar-refractivity contribution in [2.24, 2.45) is 5.92 Å². The molecule has 0 saturated heterocycles. The van der Waals surface area contributed by atoms with Crippen LogP contribution in [0.5, 0.6) is 0 Å². The molecule has 1 aliphatic carbocycles. The van der Waals surface area contributed by atoms with Gasteiger partial charge in [-0.1, -0.05) is 37.6 Å². The summed E-state index contributed by atoms with van der Waals surface area (Å²) in [5.74, 6) is -0.579. The third kappa shape index (κ3) is 5.11. The third-order valence-corrected chi connectivity index (χ3v) is 6.75. The Morgan fingerprint density at radius 1 is 1.23 bits per heavy atom. The lowest BCUT2D eigenvalue weighted by Crippen LogP contribution is -2.22. The Labute approximate surface area is 186 Å². The van der Waals surface area contributed by atoms with E-state index in [0.717, 1.165) is 66.8 Å². The molecule has 1 heterocycles. The zero-order chi connectivity index (χ0) is 22.9. The summed E-state index contributed by atoms with van der Waals surface area (Å²) >= 11 is 6.70. The number of benzene rings is 1. The van der Waals surface area contributed by atoms with Gasteiger partial charge in [0.1, 0.15) is 0 Å². The maximum absolute atomic E-state index is 13.1. The second-order valence-corrected chi connectivity index (χ2v) is 9.30. The number of alkyl halides is 3. The number of carbonyl (C=O) groups is 1. The van der Waals surface area contributed by atoms with Crippen LogP contribution in [0.3, 0.4) is 0 Å². The van der Waals surface area contributed by atoms with Gasteiger partial charge in [0, 0.05) is 17.3 Å². The first kappa shape index (κ1) is 23.7. The van der Waals surface area contributed by atoms with Gasteiger partial charge >= 0.3 is 12.1 Å². The summed E-state index contributed by atoms with van der Waals surface area (Å²) in [4.78, 5) is 11.5. The predicted molar refractivity (Wildman–Crippen MR) is 116 cm³/mol. The first-order chi connectivity index (χ1) is 14.5. The van der Waals surface area contributed by atoms with Crippen molar-refractivity contribution in [3.05, 3.63) is 57.4 Å². The number of halogens is 4. The van der Waals surface area contributed by atoms with Gasteiger partial charge in [-0.05, 0) is 68.2 Å². The van der Waals surface area contributed by atoms with Gasteiger partial charge < -0.3 is 9.67 Å². The Hall–Kier alpha value is -1.95. The molecule has 0 aliphatic heterocycles. The summed E-state index contributed by atoms with van der Waals surface area (Å²) in [6.07, 6.45) is -0.294. The Balaban J connectivity index is 2.13. The number of fused-ring (bicyclic) bond motifs is 1. The topological polar surface area (TPSA) is 42.2 Å². The van der Waals surface area contributed by atoms with E-state index < -0.39 is 17.7 Å². The van der Waals surface area contributed by atoms with Crippen LogP contribution in [0.25, 0.3) is 0 Å². The summed E-state index contributed by atoms with van der Waals surface area (Å²) in [5.41, 5.74) is 2.92. The molecule has 0 radical (unpaired) electrons. The fraction of sp³-hybridized carbons (Fsp3) is 0.542. The van der Waals surface area contributed by atoms with Crippen molar-refractivity contribution in [1.29, 1.82) is 0 Å². The summed E-state index contributed by atoms with van der Waals surface area (Å²) in [5, 5.41) is 10.1. The number of carboxylic acids is 1. The third-order valence-electron chi connectivity index (χ3n) is 6.25. The highest BCUT2D eigenvalue weighted by molar-refractivity contribution is 6.32. The molecule has 0 fully saturated rings. The lowest BCUT2D eigenvalue weighted by Gasteiger charge is -2.30. The molecular weight excluding hydrogens is 427 g/mol. The molecule has 1 N–H and O–H groups in total. The Kier molecular flexibility index (Phi) is 7.09. The standard InChI is InChI=1S/C24H29ClF3NO2/c1-14(2)7-12-20(16-8-10-18(11-9-16)24(26,27)28)29-15(3)22(25)19-6-4-5-17(23(19)29)13-21(30)31/h8-11,14,17,20H,4-7,12-13H2,1-3H3,(H,30,31). The van der Waals surface area contributed by atoms with Crippen molar-refractivity contribution in [3.63, 3.8) is 0 Å². The maximum atomic E-state index is 13.1. The maximum Gasteiger partial charge on any atom is 0.416 e. The molecule has 3 rings (SSSR count). The second kappa shape index (κ2) is 9.27. The minimum Gasteiger partial charge on any atom is -0.481 e. The molecule has 0 amide bonds. The number of carboxylic acid groups (broad SMARTS) is 1. The molecule has 170 valence electrons. The van der Waals surface area contributed by atoms with E-state index in [9.17, 15) is 23.1 Å². The molecule has 7 heteroatoms. The van der Waals surface area contributed by atoms with Crippen LogP contribution in [0.4, 0.5) is 13.2 Å². The molecule has 0 bridgehead atoms. The van der Waals surface area contributed by atoms with Gasteiger partial charge in [-0.15, -0.1) is 0 Å². The van der Waals surface area contributed by atoms with E-state index in [2.05, 4.69) is 18.4 Å². The van der Waals surface area contributed by atoms with Crippen LogP contribution in [-0.4, -0.2) is 15.6 Å². The highest BCUT2D eigenvalue weighted by atomic mass is 35.5. The van der Waals surface area contributed by atoms with Crippen LogP contribution in [-0.2, 0) is 17.4 Å². The Morgan fingerprint density at radius 2 is 1.87 bits per heavy atom. The largest absolute Gasteiger partial charge is 0.481 e. The van der Waals surface area contributed by atoms with Gasteiger partial charge in [0.15, 0.2) is 0 Å². The fourth-order valence-corrected chi connectivity index (χ4v) is 5.03. The Bertz CT molecular complexity index is 932. The minimum absolute atomic E-state index is 0.0245. The van der Waals surface area contributed by atoms with E-state index in [1.54, 1.807) is 12.1 Å². The van der Waals surface area contributed by atoms with E-state index in [1.807, 2.05) is 6.92 Å². The number of aromatic nitrogens is 1. The molecular formula is C24H29ClF3NO2. The molecule has 2 aromatic rings. The number of aliphatic carboxylic acids is 1.